The van der Waals surface area contributed by atoms with E-state index in [-0.39, 0.29) is 4.90 Å². The van der Waals surface area contributed by atoms with E-state index < -0.39 is 21.8 Å². The average Bonchev–Trinajstić information content (AvgIpc) is 2.14. The molecule has 6 heteroatoms. The zero-order valence-electron chi connectivity index (χ0n) is 8.95. The van der Waals surface area contributed by atoms with E-state index in [1.165, 1.54) is 6.07 Å². The van der Waals surface area contributed by atoms with Crippen molar-refractivity contribution < 1.29 is 13.2 Å². The molecular formula is C10H12ClNO3S. The summed E-state index contributed by atoms with van der Waals surface area (Å²) < 4.78 is 25.6. The molecule has 0 fully saturated rings. The lowest BCUT2D eigenvalue weighted by Gasteiger charge is -2.08. The lowest BCUT2D eigenvalue weighted by Crippen LogP contribution is -2.28. The van der Waals surface area contributed by atoms with Gasteiger partial charge in [-0.3, -0.25) is 4.79 Å². The van der Waals surface area contributed by atoms with Crippen molar-refractivity contribution in [2.75, 3.05) is 6.54 Å². The highest BCUT2D eigenvalue weighted by Gasteiger charge is 2.16. The molecule has 0 aliphatic carbocycles. The molecule has 88 valence electrons. The molecule has 1 aromatic carbocycles. The summed E-state index contributed by atoms with van der Waals surface area (Å²) in [6, 6.07) is 4.97. The molecule has 0 aliphatic heterocycles. The highest BCUT2D eigenvalue weighted by Crippen LogP contribution is 2.15. The van der Waals surface area contributed by atoms with Crippen molar-refractivity contribution in [3.63, 3.8) is 0 Å². The van der Waals surface area contributed by atoms with Crippen molar-refractivity contribution in [2.45, 2.75) is 18.7 Å². The van der Waals surface area contributed by atoms with Gasteiger partial charge in [0.05, 0.1) is 11.4 Å². The Morgan fingerprint density at radius 1 is 1.38 bits per heavy atom. The first-order chi connectivity index (χ1) is 7.33. The van der Waals surface area contributed by atoms with Crippen LogP contribution in [0.25, 0.3) is 0 Å². The first-order valence-corrected chi connectivity index (χ1v) is 6.44. The van der Waals surface area contributed by atoms with Gasteiger partial charge >= 0.3 is 0 Å². The van der Waals surface area contributed by atoms with E-state index in [0.717, 1.165) is 5.56 Å². The Bertz CT molecular complexity index is 511. The van der Waals surface area contributed by atoms with Gasteiger partial charge in [-0.2, -0.15) is 0 Å². The van der Waals surface area contributed by atoms with Crippen LogP contribution in [0.15, 0.2) is 23.1 Å². The summed E-state index contributed by atoms with van der Waals surface area (Å²) in [4.78, 5) is 10.7. The number of benzene rings is 1. The van der Waals surface area contributed by atoms with Gasteiger partial charge in [-0.25, -0.2) is 13.1 Å². The number of halogens is 1. The summed E-state index contributed by atoms with van der Waals surface area (Å²) in [5.41, 5.74) is 1.61. The normalized spacial score (nSPS) is 11.4. The fraction of sp³-hybridized carbons (Fsp3) is 0.300. The van der Waals surface area contributed by atoms with Crippen molar-refractivity contribution >= 4 is 26.9 Å². The second-order valence-corrected chi connectivity index (χ2v) is 5.61. The molecule has 0 amide bonds. The van der Waals surface area contributed by atoms with Crippen molar-refractivity contribution in [3.8, 4) is 0 Å². The fourth-order valence-corrected chi connectivity index (χ4v) is 2.68. The van der Waals surface area contributed by atoms with Gasteiger partial charge in [-0.1, -0.05) is 17.7 Å². The monoisotopic (exact) mass is 261 g/mol. The van der Waals surface area contributed by atoms with Crippen LogP contribution in [0.3, 0.4) is 0 Å². The molecule has 1 aromatic rings. The van der Waals surface area contributed by atoms with Crippen LogP contribution in [0.1, 0.15) is 11.1 Å². The minimum absolute atomic E-state index is 0.163. The Balaban J connectivity index is 3.03. The zero-order valence-corrected chi connectivity index (χ0v) is 10.5. The largest absolute Gasteiger partial charge is 0.280 e. The lowest BCUT2D eigenvalue weighted by atomic mass is 10.2. The first-order valence-electron chi connectivity index (χ1n) is 4.58. The summed E-state index contributed by atoms with van der Waals surface area (Å²) in [5.74, 6) is 0. The first kappa shape index (κ1) is 13.2. The molecular weight excluding hydrogens is 250 g/mol. The highest BCUT2D eigenvalue weighted by atomic mass is 35.5. The molecule has 0 atom stereocenters. The summed E-state index contributed by atoms with van der Waals surface area (Å²) in [7, 11) is -3.66. The Morgan fingerprint density at radius 3 is 2.50 bits per heavy atom. The van der Waals surface area contributed by atoms with Gasteiger partial charge in [0.15, 0.2) is 0 Å². The Labute approximate surface area is 99.7 Å². The molecule has 0 unspecified atom stereocenters. The molecule has 4 nitrogen and oxygen atoms in total. The van der Waals surface area contributed by atoms with E-state index >= 15 is 0 Å². The Hall–Kier alpha value is -0.910. The summed E-state index contributed by atoms with van der Waals surface area (Å²) >= 11 is 5.07. The maximum Gasteiger partial charge on any atom is 0.241 e. The van der Waals surface area contributed by atoms with Gasteiger partial charge in [-0.05, 0) is 37.1 Å². The standard InChI is InChI=1S/C10H12ClNO3S/c1-7-3-4-9(8(2)5-7)16(14,15)12-6-10(11)13/h3-5,12H,6H2,1-2H3. The van der Waals surface area contributed by atoms with E-state index in [1.807, 2.05) is 6.92 Å². The van der Waals surface area contributed by atoms with Crippen LogP contribution >= 0.6 is 11.6 Å². The van der Waals surface area contributed by atoms with Gasteiger partial charge in [-0.15, -0.1) is 0 Å². The van der Waals surface area contributed by atoms with Crippen molar-refractivity contribution in [1.29, 1.82) is 0 Å². The molecule has 0 aliphatic rings. The van der Waals surface area contributed by atoms with Gasteiger partial charge in [0, 0.05) is 0 Å². The van der Waals surface area contributed by atoms with Gasteiger partial charge < -0.3 is 0 Å². The number of rotatable bonds is 4. The van der Waals surface area contributed by atoms with E-state index in [1.54, 1.807) is 19.1 Å². The van der Waals surface area contributed by atoms with E-state index in [0.29, 0.717) is 5.56 Å². The molecule has 1 N–H and O–H groups in total. The molecule has 16 heavy (non-hydrogen) atoms. The van der Waals surface area contributed by atoms with Crippen LogP contribution < -0.4 is 4.72 Å². The smallest absolute Gasteiger partial charge is 0.241 e. The van der Waals surface area contributed by atoms with Crippen molar-refractivity contribution in [3.05, 3.63) is 29.3 Å². The van der Waals surface area contributed by atoms with Crippen LogP contribution in [0.2, 0.25) is 0 Å². The Kier molecular flexibility index (Phi) is 4.07. The molecule has 0 radical (unpaired) electrons. The van der Waals surface area contributed by atoms with Crippen molar-refractivity contribution in [1.82, 2.24) is 4.72 Å². The van der Waals surface area contributed by atoms with Crippen LogP contribution in [0.5, 0.6) is 0 Å². The topological polar surface area (TPSA) is 63.2 Å². The molecule has 0 aromatic heterocycles. The number of aryl methyl sites for hydroxylation is 2. The molecule has 0 saturated heterocycles. The molecule has 1 rings (SSSR count). The van der Waals surface area contributed by atoms with Crippen LogP contribution in [0, 0.1) is 13.8 Å². The Morgan fingerprint density at radius 2 is 2.00 bits per heavy atom. The third-order valence-electron chi connectivity index (χ3n) is 2.02. The van der Waals surface area contributed by atoms with Gasteiger partial charge in [0.1, 0.15) is 0 Å². The second-order valence-electron chi connectivity index (χ2n) is 3.45. The quantitative estimate of drug-likeness (QED) is 0.832. The number of nitrogens with one attached hydrogen (secondary N) is 1. The summed E-state index contributed by atoms with van der Waals surface area (Å²) in [5, 5.41) is -0.742. The SMILES string of the molecule is Cc1ccc(S(=O)(=O)NCC(=O)Cl)c(C)c1. The molecule has 0 saturated carbocycles. The van der Waals surface area contributed by atoms with Gasteiger partial charge in [0.2, 0.25) is 15.3 Å². The van der Waals surface area contributed by atoms with E-state index in [2.05, 4.69) is 4.72 Å². The predicted octanol–water partition coefficient (Wildman–Crippen LogP) is 1.35. The van der Waals surface area contributed by atoms with E-state index in [4.69, 9.17) is 11.6 Å². The maximum absolute atomic E-state index is 11.7. The lowest BCUT2D eigenvalue weighted by molar-refractivity contribution is -0.110. The average molecular weight is 262 g/mol. The number of hydrogen-bond donors (Lipinski definition) is 1. The van der Waals surface area contributed by atoms with E-state index in [9.17, 15) is 13.2 Å². The molecule has 0 bridgehead atoms. The number of carbonyl (C=O) groups excluding carboxylic acids is 1. The predicted molar refractivity (Wildman–Crippen MR) is 62.0 cm³/mol. The fourth-order valence-electron chi connectivity index (χ4n) is 1.33. The second kappa shape index (κ2) is 4.95. The van der Waals surface area contributed by atoms with Crippen LogP contribution in [-0.4, -0.2) is 20.2 Å². The van der Waals surface area contributed by atoms with Gasteiger partial charge in [0.25, 0.3) is 0 Å². The minimum atomic E-state index is -3.66. The third-order valence-corrected chi connectivity index (χ3v) is 3.72. The summed E-state index contributed by atoms with van der Waals surface area (Å²) in [6.45, 7) is 3.17. The maximum atomic E-state index is 11.7. The third kappa shape index (κ3) is 3.30. The number of sulfonamides is 1. The van der Waals surface area contributed by atoms with Crippen LogP contribution in [0.4, 0.5) is 0 Å². The van der Waals surface area contributed by atoms with Crippen LogP contribution in [-0.2, 0) is 14.8 Å². The number of carbonyl (C=O) groups is 1. The highest BCUT2D eigenvalue weighted by molar-refractivity contribution is 7.89. The number of hydrogen-bond acceptors (Lipinski definition) is 3. The molecule has 0 heterocycles. The minimum Gasteiger partial charge on any atom is -0.280 e. The summed E-state index contributed by atoms with van der Waals surface area (Å²) in [6.07, 6.45) is 0. The molecule has 0 spiro atoms. The van der Waals surface area contributed by atoms with Crippen molar-refractivity contribution in [2.24, 2.45) is 0 Å². The zero-order chi connectivity index (χ0) is 12.3.